The number of fused-ring (bicyclic) bond motifs is 3. The van der Waals surface area contributed by atoms with Gasteiger partial charge in [0.1, 0.15) is 5.60 Å². The molecular formula is C20H28N2O3. The number of amides is 2. The summed E-state index contributed by atoms with van der Waals surface area (Å²) in [5, 5.41) is 3.08. The third kappa shape index (κ3) is 3.37. The van der Waals surface area contributed by atoms with Crippen LogP contribution in [-0.2, 0) is 4.74 Å². The minimum atomic E-state index is -0.520. The third-order valence-electron chi connectivity index (χ3n) is 4.97. The molecule has 25 heavy (non-hydrogen) atoms. The lowest BCUT2D eigenvalue weighted by atomic mass is 9.82. The second-order valence-corrected chi connectivity index (χ2v) is 8.53. The predicted octanol–water partition coefficient (Wildman–Crippen LogP) is 3.56. The summed E-state index contributed by atoms with van der Waals surface area (Å²) in [5.41, 5.74) is 3.57. The number of benzene rings is 1. The summed E-state index contributed by atoms with van der Waals surface area (Å²) < 4.78 is 5.50. The number of rotatable bonds is 1. The molecule has 2 aliphatic heterocycles. The Morgan fingerprint density at radius 3 is 2.56 bits per heavy atom. The fourth-order valence-electron chi connectivity index (χ4n) is 3.76. The van der Waals surface area contributed by atoms with Gasteiger partial charge in [0.25, 0.3) is 5.91 Å². The molecule has 5 heteroatoms. The van der Waals surface area contributed by atoms with Crippen molar-refractivity contribution in [1.82, 2.24) is 10.2 Å². The average Bonchev–Trinajstić information content (AvgIpc) is 2.89. The number of hydrogen-bond donors (Lipinski definition) is 1. The summed E-state index contributed by atoms with van der Waals surface area (Å²) >= 11 is 0. The molecule has 0 radical (unpaired) electrons. The van der Waals surface area contributed by atoms with E-state index in [4.69, 9.17) is 4.74 Å². The van der Waals surface area contributed by atoms with E-state index in [0.717, 1.165) is 16.7 Å². The van der Waals surface area contributed by atoms with Gasteiger partial charge in [-0.05, 0) is 50.3 Å². The maximum absolute atomic E-state index is 12.6. The summed E-state index contributed by atoms with van der Waals surface area (Å²) in [6, 6.07) is 4.21. The van der Waals surface area contributed by atoms with Gasteiger partial charge in [0, 0.05) is 24.6 Å². The lowest BCUT2D eigenvalue weighted by Gasteiger charge is -2.30. The SMILES string of the molecule is Cc1cc(C(C)C)cc2c1C(=O)NC1CN(C(=O)OC(C)(C)C)CC21. The zero-order chi connectivity index (χ0) is 18.5. The highest BCUT2D eigenvalue weighted by Gasteiger charge is 2.43. The van der Waals surface area contributed by atoms with E-state index in [1.807, 2.05) is 27.7 Å². The highest BCUT2D eigenvalue weighted by Crippen LogP contribution is 2.37. The van der Waals surface area contributed by atoms with Crippen LogP contribution in [0.25, 0.3) is 0 Å². The molecule has 2 atom stereocenters. The van der Waals surface area contributed by atoms with E-state index in [0.29, 0.717) is 19.0 Å². The van der Waals surface area contributed by atoms with Crippen molar-refractivity contribution in [2.45, 2.75) is 65.0 Å². The van der Waals surface area contributed by atoms with E-state index in [1.54, 1.807) is 4.90 Å². The molecule has 1 fully saturated rings. The zero-order valence-corrected chi connectivity index (χ0v) is 16.0. The van der Waals surface area contributed by atoms with Crippen molar-refractivity contribution in [2.75, 3.05) is 13.1 Å². The molecule has 0 aliphatic carbocycles. The van der Waals surface area contributed by atoms with Gasteiger partial charge in [-0.3, -0.25) is 4.79 Å². The maximum atomic E-state index is 12.6. The predicted molar refractivity (Wildman–Crippen MR) is 97.1 cm³/mol. The highest BCUT2D eigenvalue weighted by atomic mass is 16.6. The quantitative estimate of drug-likeness (QED) is 0.847. The molecule has 5 nitrogen and oxygen atoms in total. The van der Waals surface area contributed by atoms with Gasteiger partial charge in [-0.25, -0.2) is 4.79 Å². The Kier molecular flexibility index (Phi) is 4.30. The fraction of sp³-hybridized carbons (Fsp3) is 0.600. The molecule has 0 saturated carbocycles. The first-order valence-electron chi connectivity index (χ1n) is 9.00. The van der Waals surface area contributed by atoms with Gasteiger partial charge in [0.05, 0.1) is 6.04 Å². The van der Waals surface area contributed by atoms with Gasteiger partial charge in [-0.1, -0.05) is 26.0 Å². The molecule has 2 aliphatic rings. The first kappa shape index (κ1) is 17.8. The molecular weight excluding hydrogens is 316 g/mol. The second-order valence-electron chi connectivity index (χ2n) is 8.53. The second kappa shape index (κ2) is 6.04. The van der Waals surface area contributed by atoms with Crippen molar-refractivity contribution in [3.63, 3.8) is 0 Å². The van der Waals surface area contributed by atoms with Crippen LogP contribution in [-0.4, -0.2) is 41.6 Å². The number of hydrogen-bond acceptors (Lipinski definition) is 3. The topological polar surface area (TPSA) is 58.6 Å². The van der Waals surface area contributed by atoms with Gasteiger partial charge >= 0.3 is 6.09 Å². The molecule has 0 bridgehead atoms. The van der Waals surface area contributed by atoms with Crippen molar-refractivity contribution in [3.8, 4) is 0 Å². The number of nitrogens with zero attached hydrogens (tertiary/aromatic N) is 1. The van der Waals surface area contributed by atoms with Crippen molar-refractivity contribution in [3.05, 3.63) is 34.4 Å². The van der Waals surface area contributed by atoms with Crippen LogP contribution < -0.4 is 5.32 Å². The standard InChI is InChI=1S/C20H28N2O3/c1-11(2)13-7-12(3)17-14(8-13)15-9-22(10-16(15)21-18(17)23)19(24)25-20(4,5)6/h7-8,11,15-16H,9-10H2,1-6H3,(H,21,23). The third-order valence-corrected chi connectivity index (χ3v) is 4.97. The van der Waals surface area contributed by atoms with Crippen molar-refractivity contribution in [2.24, 2.45) is 0 Å². The Labute approximate surface area is 149 Å². The smallest absolute Gasteiger partial charge is 0.410 e. The lowest BCUT2D eigenvalue weighted by Crippen LogP contribution is -2.45. The maximum Gasteiger partial charge on any atom is 0.410 e. The Hall–Kier alpha value is -2.04. The molecule has 1 saturated heterocycles. The van der Waals surface area contributed by atoms with Crippen LogP contribution in [0.2, 0.25) is 0 Å². The minimum Gasteiger partial charge on any atom is -0.444 e. The van der Waals surface area contributed by atoms with Crippen LogP contribution in [0.4, 0.5) is 4.79 Å². The number of nitrogens with one attached hydrogen (secondary N) is 1. The molecule has 2 unspecified atom stereocenters. The van der Waals surface area contributed by atoms with E-state index in [-0.39, 0.29) is 24.0 Å². The van der Waals surface area contributed by atoms with Crippen LogP contribution in [0.1, 0.15) is 73.5 Å². The van der Waals surface area contributed by atoms with Gasteiger partial charge in [0.2, 0.25) is 0 Å². The monoisotopic (exact) mass is 344 g/mol. The van der Waals surface area contributed by atoms with Crippen LogP contribution in [0.5, 0.6) is 0 Å². The Balaban J connectivity index is 1.92. The van der Waals surface area contributed by atoms with Crippen molar-refractivity contribution < 1.29 is 14.3 Å². The molecule has 1 aromatic carbocycles. The summed E-state index contributed by atoms with van der Waals surface area (Å²) in [5.74, 6) is 0.489. The molecule has 0 spiro atoms. The molecule has 1 aromatic rings. The summed E-state index contributed by atoms with van der Waals surface area (Å²) in [6.45, 7) is 13.0. The zero-order valence-electron chi connectivity index (χ0n) is 16.0. The molecule has 136 valence electrons. The first-order valence-corrected chi connectivity index (χ1v) is 9.00. The Morgan fingerprint density at radius 2 is 1.96 bits per heavy atom. The fourth-order valence-corrected chi connectivity index (χ4v) is 3.76. The number of ether oxygens (including phenoxy) is 1. The van der Waals surface area contributed by atoms with E-state index in [1.165, 1.54) is 5.56 Å². The lowest BCUT2D eigenvalue weighted by molar-refractivity contribution is 0.0288. The minimum absolute atomic E-state index is 0.0323. The molecule has 3 rings (SSSR count). The van der Waals surface area contributed by atoms with Crippen molar-refractivity contribution in [1.29, 1.82) is 0 Å². The normalized spacial score (nSPS) is 22.5. The first-order chi connectivity index (χ1) is 11.6. The van der Waals surface area contributed by atoms with Gasteiger partial charge < -0.3 is 15.0 Å². The van der Waals surface area contributed by atoms with E-state index < -0.39 is 5.60 Å². The number of carbonyl (C=O) groups is 2. The average molecular weight is 344 g/mol. The molecule has 1 N–H and O–H groups in total. The Morgan fingerprint density at radius 1 is 1.28 bits per heavy atom. The van der Waals surface area contributed by atoms with Crippen LogP contribution >= 0.6 is 0 Å². The number of likely N-dealkylation sites (tertiary alicyclic amines) is 1. The van der Waals surface area contributed by atoms with E-state index >= 15 is 0 Å². The molecule has 0 aromatic heterocycles. The van der Waals surface area contributed by atoms with Crippen LogP contribution in [0.15, 0.2) is 12.1 Å². The van der Waals surface area contributed by atoms with Crippen LogP contribution in [0.3, 0.4) is 0 Å². The van der Waals surface area contributed by atoms with E-state index in [2.05, 4.69) is 31.3 Å². The Bertz CT molecular complexity index is 718. The summed E-state index contributed by atoms with van der Waals surface area (Å²) in [6.07, 6.45) is -0.311. The number of carbonyl (C=O) groups excluding carboxylic acids is 2. The summed E-state index contributed by atoms with van der Waals surface area (Å²) in [4.78, 5) is 26.7. The molecule has 2 amide bonds. The van der Waals surface area contributed by atoms with Gasteiger partial charge in [-0.15, -0.1) is 0 Å². The van der Waals surface area contributed by atoms with Crippen molar-refractivity contribution >= 4 is 12.0 Å². The van der Waals surface area contributed by atoms with Gasteiger partial charge in [0.15, 0.2) is 0 Å². The summed E-state index contributed by atoms with van der Waals surface area (Å²) in [7, 11) is 0. The highest BCUT2D eigenvalue weighted by molar-refractivity contribution is 5.99. The molecule has 2 heterocycles. The van der Waals surface area contributed by atoms with Crippen LogP contribution in [0, 0.1) is 6.92 Å². The van der Waals surface area contributed by atoms with Gasteiger partial charge in [-0.2, -0.15) is 0 Å². The van der Waals surface area contributed by atoms with E-state index in [9.17, 15) is 9.59 Å². The largest absolute Gasteiger partial charge is 0.444 e. The number of aryl methyl sites for hydroxylation is 1.